The van der Waals surface area contributed by atoms with Crippen molar-refractivity contribution in [2.45, 2.75) is 38.8 Å². The molecule has 4 rings (SSSR count). The van der Waals surface area contributed by atoms with E-state index in [9.17, 15) is 23.2 Å². The molecule has 3 N–H and O–H groups in total. The third kappa shape index (κ3) is 4.93. The van der Waals surface area contributed by atoms with Gasteiger partial charge in [0.2, 0.25) is 5.91 Å². The van der Waals surface area contributed by atoms with E-state index in [1.807, 2.05) is 0 Å². The second kappa shape index (κ2) is 10.6. The highest BCUT2D eigenvalue weighted by atomic mass is 19.2. The number of anilines is 2. The van der Waals surface area contributed by atoms with Gasteiger partial charge in [0.1, 0.15) is 11.9 Å². The lowest BCUT2D eigenvalue weighted by Crippen LogP contribution is -2.70. The molecule has 0 aliphatic carbocycles. The summed E-state index contributed by atoms with van der Waals surface area (Å²) in [6, 6.07) is 4.77. The van der Waals surface area contributed by atoms with Gasteiger partial charge in [0.25, 0.3) is 5.91 Å². The molecule has 12 heteroatoms. The standard InChI is InChI=1S/C26H29F2N7O3/c1-5-18(16-7-6-14(2)21(27)22(16)28)31-26(38)35-23(25(37)34(4)20-9-11-33(3)32-20)17(24(35)36)12-15-8-10-30-19(29)13-15/h6-11,13,17-18,23H,5,12H2,1-4H3,(H2,29,30)(H,31,38)/t17-,18-,23+/m1/s1. The predicted octanol–water partition coefficient (Wildman–Crippen LogP) is 2.88. The van der Waals surface area contributed by atoms with E-state index in [4.69, 9.17) is 5.73 Å². The molecule has 10 nitrogen and oxygen atoms in total. The molecule has 1 aliphatic rings. The number of hydrogen-bond donors (Lipinski definition) is 2. The maximum atomic E-state index is 14.7. The average molecular weight is 526 g/mol. The highest BCUT2D eigenvalue weighted by Gasteiger charge is 2.55. The van der Waals surface area contributed by atoms with Gasteiger partial charge in [-0.3, -0.25) is 24.1 Å². The third-order valence-corrected chi connectivity index (χ3v) is 6.75. The van der Waals surface area contributed by atoms with E-state index >= 15 is 0 Å². The number of urea groups is 1. The van der Waals surface area contributed by atoms with Gasteiger partial charge in [0.05, 0.1) is 12.0 Å². The molecule has 200 valence electrons. The van der Waals surface area contributed by atoms with E-state index in [0.29, 0.717) is 11.4 Å². The Morgan fingerprint density at radius 1 is 1.21 bits per heavy atom. The Morgan fingerprint density at radius 2 is 1.95 bits per heavy atom. The molecule has 0 bridgehead atoms. The summed E-state index contributed by atoms with van der Waals surface area (Å²) in [5.74, 6) is -3.42. The molecule has 1 aromatic carbocycles. The SMILES string of the molecule is CC[C@@H](NC(=O)N1C(=O)[C@H](Cc2ccnc(N)c2)[C@H]1C(=O)N(C)c1ccn(C)n1)c1ccc(C)c(F)c1F. The first-order valence-electron chi connectivity index (χ1n) is 12.1. The molecule has 1 fully saturated rings. The summed E-state index contributed by atoms with van der Waals surface area (Å²) in [5.41, 5.74) is 6.53. The number of carbonyl (C=O) groups is 3. The number of benzene rings is 1. The number of likely N-dealkylation sites (tertiary alicyclic amines) is 1. The monoisotopic (exact) mass is 525 g/mol. The highest BCUT2D eigenvalue weighted by Crippen LogP contribution is 2.33. The topological polar surface area (TPSA) is 126 Å². The number of aryl methyl sites for hydroxylation is 2. The fourth-order valence-corrected chi connectivity index (χ4v) is 4.57. The van der Waals surface area contributed by atoms with Crippen LogP contribution >= 0.6 is 0 Å². The van der Waals surface area contributed by atoms with Gasteiger partial charge in [-0.15, -0.1) is 0 Å². The molecule has 3 atom stereocenters. The van der Waals surface area contributed by atoms with Crippen LogP contribution in [-0.4, -0.2) is 50.6 Å². The van der Waals surface area contributed by atoms with E-state index in [1.54, 1.807) is 38.4 Å². The number of nitrogens with zero attached hydrogens (tertiary/aromatic N) is 5. The lowest BCUT2D eigenvalue weighted by atomic mass is 9.81. The average Bonchev–Trinajstić information content (AvgIpc) is 3.33. The fourth-order valence-electron chi connectivity index (χ4n) is 4.57. The van der Waals surface area contributed by atoms with E-state index in [0.717, 1.165) is 4.90 Å². The van der Waals surface area contributed by atoms with Crippen LogP contribution in [0.4, 0.5) is 25.2 Å². The minimum atomic E-state index is -1.15. The smallest absolute Gasteiger partial charge is 0.325 e. The molecule has 0 saturated carbocycles. The summed E-state index contributed by atoms with van der Waals surface area (Å²) in [4.78, 5) is 46.2. The molecule has 3 aromatic rings. The largest absolute Gasteiger partial charge is 0.384 e. The van der Waals surface area contributed by atoms with Gasteiger partial charge in [-0.2, -0.15) is 5.10 Å². The molecule has 38 heavy (non-hydrogen) atoms. The van der Waals surface area contributed by atoms with Crippen molar-refractivity contribution in [3.63, 3.8) is 0 Å². The zero-order valence-electron chi connectivity index (χ0n) is 21.5. The quantitative estimate of drug-likeness (QED) is 0.457. The number of nitrogens with two attached hydrogens (primary N) is 1. The van der Waals surface area contributed by atoms with Gasteiger partial charge in [-0.05, 0) is 43.0 Å². The van der Waals surface area contributed by atoms with Gasteiger partial charge in [-0.25, -0.2) is 18.6 Å². The van der Waals surface area contributed by atoms with Crippen LogP contribution < -0.4 is 16.0 Å². The highest BCUT2D eigenvalue weighted by molar-refractivity contribution is 6.12. The van der Waals surface area contributed by atoms with Crippen molar-refractivity contribution in [3.05, 3.63) is 71.1 Å². The number of nitrogen functional groups attached to an aromatic ring is 1. The van der Waals surface area contributed by atoms with Gasteiger partial charge >= 0.3 is 6.03 Å². The van der Waals surface area contributed by atoms with Crippen LogP contribution in [0.5, 0.6) is 0 Å². The van der Waals surface area contributed by atoms with Crippen molar-refractivity contribution in [2.24, 2.45) is 13.0 Å². The number of hydrogen-bond acceptors (Lipinski definition) is 6. The number of aromatic nitrogens is 3. The lowest BCUT2D eigenvalue weighted by Gasteiger charge is -2.45. The van der Waals surface area contributed by atoms with Gasteiger partial charge in [-0.1, -0.05) is 19.1 Å². The number of carbonyl (C=O) groups excluding carboxylic acids is 3. The molecule has 2 aromatic heterocycles. The first kappa shape index (κ1) is 26.7. The normalized spacial score (nSPS) is 17.6. The second-order valence-electron chi connectivity index (χ2n) is 9.31. The molecule has 4 amide bonds. The molecular weight excluding hydrogens is 496 g/mol. The van der Waals surface area contributed by atoms with Crippen LogP contribution in [0.2, 0.25) is 0 Å². The van der Waals surface area contributed by atoms with E-state index in [-0.39, 0.29) is 29.8 Å². The number of halogens is 2. The molecule has 1 aliphatic heterocycles. The van der Waals surface area contributed by atoms with Crippen molar-refractivity contribution >= 4 is 29.5 Å². The van der Waals surface area contributed by atoms with Crippen molar-refractivity contribution < 1.29 is 23.2 Å². The van der Waals surface area contributed by atoms with Crippen molar-refractivity contribution in [1.82, 2.24) is 25.0 Å². The Morgan fingerprint density at radius 3 is 2.58 bits per heavy atom. The second-order valence-corrected chi connectivity index (χ2v) is 9.31. The van der Waals surface area contributed by atoms with Crippen LogP contribution in [0.1, 0.15) is 36.1 Å². The van der Waals surface area contributed by atoms with E-state index < -0.39 is 47.5 Å². The number of amides is 4. The summed E-state index contributed by atoms with van der Waals surface area (Å²) in [5, 5.41) is 6.83. The predicted molar refractivity (Wildman–Crippen MR) is 136 cm³/mol. The first-order valence-corrected chi connectivity index (χ1v) is 12.1. The third-order valence-electron chi connectivity index (χ3n) is 6.75. The van der Waals surface area contributed by atoms with Gasteiger partial charge in [0, 0.05) is 38.1 Å². The van der Waals surface area contributed by atoms with Crippen molar-refractivity contribution in [3.8, 4) is 0 Å². The minimum absolute atomic E-state index is 0.0470. The lowest BCUT2D eigenvalue weighted by molar-refractivity contribution is -0.156. The number of imide groups is 1. The maximum absolute atomic E-state index is 14.7. The van der Waals surface area contributed by atoms with E-state index in [2.05, 4.69) is 15.4 Å². The van der Waals surface area contributed by atoms with Gasteiger partial charge in [0.15, 0.2) is 17.5 Å². The Balaban J connectivity index is 1.62. The summed E-state index contributed by atoms with van der Waals surface area (Å²) < 4.78 is 30.4. The fraction of sp³-hybridized carbons (Fsp3) is 0.346. The van der Waals surface area contributed by atoms with Crippen molar-refractivity contribution in [1.29, 1.82) is 0 Å². The van der Waals surface area contributed by atoms with Crippen LogP contribution in [0.3, 0.4) is 0 Å². The Hall–Kier alpha value is -4.35. The Labute approximate surface area is 218 Å². The zero-order chi connectivity index (χ0) is 27.7. The van der Waals surface area contributed by atoms with Gasteiger partial charge < -0.3 is 11.1 Å². The molecular formula is C26H29F2N7O3. The summed E-state index contributed by atoms with van der Waals surface area (Å²) in [6.07, 6.45) is 3.53. The number of β-lactam (4-membered cyclic amide) rings is 1. The maximum Gasteiger partial charge on any atom is 0.325 e. The minimum Gasteiger partial charge on any atom is -0.384 e. The zero-order valence-corrected chi connectivity index (χ0v) is 21.5. The van der Waals surface area contributed by atoms with Crippen LogP contribution in [0.25, 0.3) is 0 Å². The van der Waals surface area contributed by atoms with Crippen LogP contribution in [0, 0.1) is 24.5 Å². The number of pyridine rings is 1. The van der Waals surface area contributed by atoms with Crippen LogP contribution in [0.15, 0.2) is 42.7 Å². The van der Waals surface area contributed by atoms with E-state index in [1.165, 1.54) is 41.9 Å². The Bertz CT molecular complexity index is 1390. The summed E-state index contributed by atoms with van der Waals surface area (Å²) in [6.45, 7) is 3.12. The number of likely N-dealkylation sites (N-methyl/N-ethyl adjacent to an activating group) is 1. The molecule has 0 radical (unpaired) electrons. The molecule has 0 unspecified atom stereocenters. The molecule has 3 heterocycles. The number of nitrogens with one attached hydrogen (secondary N) is 1. The molecule has 1 saturated heterocycles. The Kier molecular flexibility index (Phi) is 7.42. The summed E-state index contributed by atoms with van der Waals surface area (Å²) >= 11 is 0. The summed E-state index contributed by atoms with van der Waals surface area (Å²) in [7, 11) is 3.20. The van der Waals surface area contributed by atoms with Crippen LogP contribution in [-0.2, 0) is 23.1 Å². The van der Waals surface area contributed by atoms with Crippen molar-refractivity contribution in [2.75, 3.05) is 17.7 Å². The first-order chi connectivity index (χ1) is 18.0. The molecule has 0 spiro atoms. The number of rotatable bonds is 7.